The number of nitrogens with one attached hydrogen (secondary N) is 2. The first-order chi connectivity index (χ1) is 13.7. The lowest BCUT2D eigenvalue weighted by atomic mass is 10.1. The number of carbonyl (C=O) groups excluding carboxylic acids is 3. The molecule has 9 heteroatoms. The van der Waals surface area contributed by atoms with E-state index in [2.05, 4.69) is 10.6 Å². The Kier molecular flexibility index (Phi) is 7.35. The Morgan fingerprint density at radius 1 is 0.966 bits per heavy atom. The topological polar surface area (TPSA) is 78.5 Å². The maximum Gasteiger partial charge on any atom is 0.418 e. The Hall–Kier alpha value is -3.36. The van der Waals surface area contributed by atoms with Gasteiger partial charge in [-0.3, -0.25) is 14.4 Å². The zero-order valence-corrected chi connectivity index (χ0v) is 15.6. The van der Waals surface area contributed by atoms with Crippen LogP contribution < -0.4 is 10.6 Å². The molecule has 3 amide bonds. The summed E-state index contributed by atoms with van der Waals surface area (Å²) in [5.74, 6) is -1.75. The van der Waals surface area contributed by atoms with E-state index in [0.29, 0.717) is 5.56 Å². The molecule has 0 aliphatic rings. The first kappa shape index (κ1) is 21.9. The zero-order chi connectivity index (χ0) is 21.4. The fourth-order valence-corrected chi connectivity index (χ4v) is 2.54. The monoisotopic (exact) mass is 407 g/mol. The molecular formula is C20H20F3N3O3. The largest absolute Gasteiger partial charge is 0.418 e. The number of rotatable bonds is 7. The van der Waals surface area contributed by atoms with Crippen molar-refractivity contribution in [3.8, 4) is 0 Å². The minimum atomic E-state index is -4.62. The van der Waals surface area contributed by atoms with Crippen LogP contribution in [0.15, 0.2) is 54.6 Å². The van der Waals surface area contributed by atoms with Crippen molar-refractivity contribution in [3.05, 3.63) is 65.7 Å². The van der Waals surface area contributed by atoms with E-state index in [-0.39, 0.29) is 18.8 Å². The smallest absolute Gasteiger partial charge is 0.343 e. The van der Waals surface area contributed by atoms with Gasteiger partial charge in [0.1, 0.15) is 0 Å². The van der Waals surface area contributed by atoms with Crippen LogP contribution in [0.4, 0.5) is 18.9 Å². The van der Waals surface area contributed by atoms with Gasteiger partial charge in [0.25, 0.3) is 5.91 Å². The number of nitrogens with zero attached hydrogens (tertiary/aromatic N) is 1. The predicted molar refractivity (Wildman–Crippen MR) is 101 cm³/mol. The van der Waals surface area contributed by atoms with E-state index in [1.54, 1.807) is 37.3 Å². The number of hydrogen-bond donors (Lipinski definition) is 2. The molecule has 0 radical (unpaired) electrons. The van der Waals surface area contributed by atoms with E-state index in [9.17, 15) is 27.6 Å². The number of hydrogen-bond acceptors (Lipinski definition) is 3. The molecule has 2 aromatic rings. The highest BCUT2D eigenvalue weighted by atomic mass is 19.4. The maximum atomic E-state index is 13.0. The average Bonchev–Trinajstić information content (AvgIpc) is 2.70. The summed E-state index contributed by atoms with van der Waals surface area (Å²) >= 11 is 0. The molecular weight excluding hydrogens is 387 g/mol. The zero-order valence-electron chi connectivity index (χ0n) is 15.6. The van der Waals surface area contributed by atoms with Crippen molar-refractivity contribution in [2.75, 3.05) is 25.0 Å². The fourth-order valence-electron chi connectivity index (χ4n) is 2.54. The van der Waals surface area contributed by atoms with Crippen LogP contribution in [-0.4, -0.2) is 42.3 Å². The molecule has 2 N–H and O–H groups in total. The number of carbonyl (C=O) groups is 3. The molecule has 2 rings (SSSR count). The van der Waals surface area contributed by atoms with Crippen molar-refractivity contribution < 1.29 is 27.6 Å². The second-order valence-electron chi connectivity index (χ2n) is 6.05. The van der Waals surface area contributed by atoms with Crippen LogP contribution in [0.5, 0.6) is 0 Å². The Balaban J connectivity index is 1.94. The van der Waals surface area contributed by atoms with Gasteiger partial charge in [0.15, 0.2) is 0 Å². The Morgan fingerprint density at radius 2 is 1.59 bits per heavy atom. The third kappa shape index (κ3) is 6.34. The van der Waals surface area contributed by atoms with Gasteiger partial charge in [-0.15, -0.1) is 0 Å². The molecule has 2 aromatic carbocycles. The summed E-state index contributed by atoms with van der Waals surface area (Å²) < 4.78 is 39.0. The van der Waals surface area contributed by atoms with Crippen LogP contribution in [0.1, 0.15) is 22.8 Å². The van der Waals surface area contributed by atoms with E-state index in [0.717, 1.165) is 17.0 Å². The van der Waals surface area contributed by atoms with Gasteiger partial charge in [-0.05, 0) is 31.2 Å². The second-order valence-corrected chi connectivity index (χ2v) is 6.05. The summed E-state index contributed by atoms with van der Waals surface area (Å²) in [5, 5.41) is 4.64. The highest BCUT2D eigenvalue weighted by molar-refractivity contribution is 5.98. The van der Waals surface area contributed by atoms with E-state index >= 15 is 0 Å². The van der Waals surface area contributed by atoms with Crippen molar-refractivity contribution in [2.45, 2.75) is 13.1 Å². The number of benzene rings is 2. The molecule has 0 aliphatic carbocycles. The first-order valence-corrected chi connectivity index (χ1v) is 8.79. The number of amides is 3. The highest BCUT2D eigenvalue weighted by Crippen LogP contribution is 2.34. The van der Waals surface area contributed by atoms with Gasteiger partial charge in [-0.1, -0.05) is 30.3 Å². The Morgan fingerprint density at radius 3 is 2.21 bits per heavy atom. The van der Waals surface area contributed by atoms with Crippen molar-refractivity contribution in [2.24, 2.45) is 0 Å². The molecule has 29 heavy (non-hydrogen) atoms. The maximum absolute atomic E-state index is 13.0. The molecule has 0 aromatic heterocycles. The van der Waals surface area contributed by atoms with Crippen LogP contribution in [0.3, 0.4) is 0 Å². The van der Waals surface area contributed by atoms with Gasteiger partial charge >= 0.3 is 6.18 Å². The fraction of sp³-hybridized carbons (Fsp3) is 0.250. The molecule has 0 heterocycles. The number of likely N-dealkylation sites (N-methyl/N-ethyl adjacent to an activating group) is 1. The summed E-state index contributed by atoms with van der Waals surface area (Å²) in [6.07, 6.45) is -4.62. The van der Waals surface area contributed by atoms with Crippen LogP contribution in [-0.2, 0) is 15.8 Å². The van der Waals surface area contributed by atoms with Gasteiger partial charge in [0, 0.05) is 12.1 Å². The standard InChI is InChI=1S/C20H20F3N3O3/c1-2-26(18(28)12-24-19(29)14-8-4-3-5-9-14)13-17(27)25-16-11-7-6-10-15(16)20(21,22)23/h3-11H,2,12-13H2,1H3,(H,24,29)(H,25,27). The number of alkyl halides is 3. The molecule has 0 saturated carbocycles. The average molecular weight is 407 g/mol. The van der Waals surface area contributed by atoms with E-state index in [1.165, 1.54) is 12.1 Å². The van der Waals surface area contributed by atoms with Crippen LogP contribution >= 0.6 is 0 Å². The highest BCUT2D eigenvalue weighted by Gasteiger charge is 2.33. The van der Waals surface area contributed by atoms with Crippen LogP contribution in [0.2, 0.25) is 0 Å². The SMILES string of the molecule is CCN(CC(=O)Nc1ccccc1C(F)(F)F)C(=O)CNC(=O)c1ccccc1. The molecule has 0 unspecified atom stereocenters. The molecule has 154 valence electrons. The van der Waals surface area contributed by atoms with Crippen LogP contribution in [0.25, 0.3) is 0 Å². The van der Waals surface area contributed by atoms with E-state index in [1.807, 2.05) is 0 Å². The number of anilines is 1. The van der Waals surface area contributed by atoms with Gasteiger partial charge in [0.2, 0.25) is 11.8 Å². The van der Waals surface area contributed by atoms with Crippen molar-refractivity contribution >= 4 is 23.4 Å². The van der Waals surface area contributed by atoms with E-state index < -0.39 is 36.0 Å². The Bertz CT molecular complexity index is 870. The minimum Gasteiger partial charge on any atom is -0.343 e. The number of halogens is 3. The summed E-state index contributed by atoms with van der Waals surface area (Å²) in [5.41, 5.74) is -0.978. The summed E-state index contributed by atoms with van der Waals surface area (Å²) in [6, 6.07) is 12.9. The molecule has 0 fully saturated rings. The first-order valence-electron chi connectivity index (χ1n) is 8.79. The third-order valence-electron chi connectivity index (χ3n) is 4.01. The van der Waals surface area contributed by atoms with Gasteiger partial charge in [0.05, 0.1) is 24.3 Å². The molecule has 0 bridgehead atoms. The summed E-state index contributed by atoms with van der Waals surface area (Å²) in [7, 11) is 0. The van der Waals surface area contributed by atoms with Gasteiger partial charge in [-0.2, -0.15) is 13.2 Å². The predicted octanol–water partition coefficient (Wildman–Crippen LogP) is 2.92. The second kappa shape index (κ2) is 9.72. The quantitative estimate of drug-likeness (QED) is 0.741. The lowest BCUT2D eigenvalue weighted by Crippen LogP contribution is -2.43. The summed E-state index contributed by atoms with van der Waals surface area (Å²) in [6.45, 7) is 0.985. The lowest BCUT2D eigenvalue weighted by molar-refractivity contribution is -0.137. The van der Waals surface area contributed by atoms with Crippen molar-refractivity contribution in [1.82, 2.24) is 10.2 Å². The normalized spacial score (nSPS) is 10.9. The molecule has 0 saturated heterocycles. The Labute approximate surface area is 165 Å². The lowest BCUT2D eigenvalue weighted by Gasteiger charge is -2.21. The van der Waals surface area contributed by atoms with E-state index in [4.69, 9.17) is 0 Å². The number of para-hydroxylation sites is 1. The van der Waals surface area contributed by atoms with Crippen LogP contribution in [0, 0.1) is 0 Å². The minimum absolute atomic E-state index is 0.147. The van der Waals surface area contributed by atoms with Gasteiger partial charge < -0.3 is 15.5 Å². The molecule has 6 nitrogen and oxygen atoms in total. The van der Waals surface area contributed by atoms with Gasteiger partial charge in [-0.25, -0.2) is 0 Å². The molecule has 0 spiro atoms. The van der Waals surface area contributed by atoms with Crippen molar-refractivity contribution in [1.29, 1.82) is 0 Å². The van der Waals surface area contributed by atoms with Crippen molar-refractivity contribution in [3.63, 3.8) is 0 Å². The summed E-state index contributed by atoms with van der Waals surface area (Å²) in [4.78, 5) is 37.6. The third-order valence-corrected chi connectivity index (χ3v) is 4.01. The molecule has 0 atom stereocenters. The molecule has 0 aliphatic heterocycles.